The molecule has 0 spiro atoms. The van der Waals surface area contributed by atoms with E-state index in [-0.39, 0.29) is 0 Å². The van der Waals surface area contributed by atoms with Gasteiger partial charge in [-0.05, 0) is 18.9 Å². The van der Waals surface area contributed by atoms with E-state index in [0.717, 1.165) is 19.4 Å². The first-order valence-electron chi connectivity index (χ1n) is 5.83. The fourth-order valence-electron chi connectivity index (χ4n) is 1.22. The molecule has 0 radical (unpaired) electrons. The maximum Gasteiger partial charge on any atom is 0.0779 e. The second-order valence-corrected chi connectivity index (χ2v) is 5.69. The SMILES string of the molecule is CCCNCC(O)CS(=O)CC(C)CC. The molecule has 3 nitrogen and oxygen atoms in total. The fourth-order valence-corrected chi connectivity index (χ4v) is 2.78. The average Bonchev–Trinajstić information content (AvgIpc) is 2.17. The van der Waals surface area contributed by atoms with E-state index in [0.29, 0.717) is 24.0 Å². The van der Waals surface area contributed by atoms with Crippen LogP contribution in [0, 0.1) is 5.92 Å². The lowest BCUT2D eigenvalue weighted by atomic mass is 10.2. The monoisotopic (exact) mass is 235 g/mol. The second kappa shape index (κ2) is 9.31. The summed E-state index contributed by atoms with van der Waals surface area (Å²) in [7, 11) is -0.876. The summed E-state index contributed by atoms with van der Waals surface area (Å²) in [5.41, 5.74) is 0. The van der Waals surface area contributed by atoms with Crippen molar-refractivity contribution in [3.05, 3.63) is 0 Å². The molecular formula is C11H25NO2S. The molecule has 0 aromatic carbocycles. The molecule has 0 rings (SSSR count). The Labute approximate surface area is 96.1 Å². The van der Waals surface area contributed by atoms with Gasteiger partial charge in [-0.3, -0.25) is 4.21 Å². The number of hydrogen-bond donors (Lipinski definition) is 2. The molecule has 3 unspecified atom stereocenters. The highest BCUT2D eigenvalue weighted by Crippen LogP contribution is 2.03. The van der Waals surface area contributed by atoms with Gasteiger partial charge in [0.15, 0.2) is 0 Å². The van der Waals surface area contributed by atoms with Crippen molar-refractivity contribution in [2.45, 2.75) is 39.7 Å². The van der Waals surface area contributed by atoms with Gasteiger partial charge in [0.2, 0.25) is 0 Å². The summed E-state index contributed by atoms with van der Waals surface area (Å²) in [5, 5.41) is 12.7. The number of aliphatic hydroxyl groups excluding tert-OH is 1. The largest absolute Gasteiger partial charge is 0.391 e. The maximum atomic E-state index is 11.6. The van der Waals surface area contributed by atoms with Crippen LogP contribution in [-0.4, -0.2) is 40.0 Å². The third-order valence-electron chi connectivity index (χ3n) is 2.35. The van der Waals surface area contributed by atoms with Crippen LogP contribution in [0.5, 0.6) is 0 Å². The van der Waals surface area contributed by atoms with Gasteiger partial charge >= 0.3 is 0 Å². The van der Waals surface area contributed by atoms with Gasteiger partial charge < -0.3 is 10.4 Å². The van der Waals surface area contributed by atoms with Gasteiger partial charge in [0.1, 0.15) is 0 Å². The molecule has 0 amide bonds. The molecule has 0 saturated heterocycles. The Morgan fingerprint density at radius 2 is 2.00 bits per heavy atom. The van der Waals surface area contributed by atoms with Gasteiger partial charge in [-0.25, -0.2) is 0 Å². The first-order chi connectivity index (χ1) is 7.10. The average molecular weight is 235 g/mol. The van der Waals surface area contributed by atoms with Crippen LogP contribution in [0.4, 0.5) is 0 Å². The van der Waals surface area contributed by atoms with Crippen molar-refractivity contribution in [2.75, 3.05) is 24.6 Å². The Bertz CT molecular complexity index is 176. The van der Waals surface area contributed by atoms with Crippen molar-refractivity contribution in [3.63, 3.8) is 0 Å². The van der Waals surface area contributed by atoms with Crippen molar-refractivity contribution in [1.82, 2.24) is 5.32 Å². The van der Waals surface area contributed by atoms with Crippen molar-refractivity contribution in [3.8, 4) is 0 Å². The summed E-state index contributed by atoms with van der Waals surface area (Å²) in [5.74, 6) is 1.60. The minimum atomic E-state index is -0.876. The molecule has 0 aliphatic heterocycles. The smallest absolute Gasteiger partial charge is 0.0779 e. The first-order valence-corrected chi connectivity index (χ1v) is 7.32. The molecule has 0 saturated carbocycles. The molecule has 0 aromatic rings. The van der Waals surface area contributed by atoms with Crippen molar-refractivity contribution < 1.29 is 9.32 Å². The van der Waals surface area contributed by atoms with Crippen LogP contribution < -0.4 is 5.32 Å². The Morgan fingerprint density at radius 1 is 1.33 bits per heavy atom. The lowest BCUT2D eigenvalue weighted by molar-refractivity contribution is 0.195. The van der Waals surface area contributed by atoms with E-state index in [9.17, 15) is 9.32 Å². The Kier molecular flexibility index (Phi) is 9.35. The highest BCUT2D eigenvalue weighted by Gasteiger charge is 2.11. The zero-order chi connectivity index (χ0) is 11.7. The Balaban J connectivity index is 3.57. The minimum absolute atomic E-state index is 0.404. The van der Waals surface area contributed by atoms with Crippen LogP contribution in [0.15, 0.2) is 0 Å². The molecule has 0 aromatic heterocycles. The predicted molar refractivity (Wildman–Crippen MR) is 66.5 cm³/mol. The summed E-state index contributed by atoms with van der Waals surface area (Å²) < 4.78 is 11.6. The molecule has 92 valence electrons. The van der Waals surface area contributed by atoms with Crippen molar-refractivity contribution in [1.29, 1.82) is 0 Å². The first kappa shape index (κ1) is 15.1. The van der Waals surface area contributed by atoms with Crippen LogP contribution in [-0.2, 0) is 10.8 Å². The van der Waals surface area contributed by atoms with Gasteiger partial charge in [0.25, 0.3) is 0 Å². The van der Waals surface area contributed by atoms with Gasteiger partial charge in [0, 0.05) is 23.1 Å². The summed E-state index contributed by atoms with van der Waals surface area (Å²) in [6, 6.07) is 0. The third kappa shape index (κ3) is 9.03. The van der Waals surface area contributed by atoms with Crippen LogP contribution in [0.1, 0.15) is 33.6 Å². The van der Waals surface area contributed by atoms with Gasteiger partial charge in [-0.1, -0.05) is 27.2 Å². The number of hydrogen-bond acceptors (Lipinski definition) is 3. The molecule has 0 fully saturated rings. The van der Waals surface area contributed by atoms with Crippen LogP contribution >= 0.6 is 0 Å². The van der Waals surface area contributed by atoms with E-state index in [1.807, 2.05) is 0 Å². The van der Waals surface area contributed by atoms with Gasteiger partial charge in [-0.15, -0.1) is 0 Å². The lowest BCUT2D eigenvalue weighted by Crippen LogP contribution is -2.32. The summed E-state index contributed by atoms with van der Waals surface area (Å²) in [6.07, 6.45) is 1.64. The molecule has 0 aliphatic carbocycles. The molecular weight excluding hydrogens is 210 g/mol. The number of nitrogens with one attached hydrogen (secondary N) is 1. The Hall–Kier alpha value is 0.0700. The van der Waals surface area contributed by atoms with Gasteiger partial charge in [-0.2, -0.15) is 0 Å². The highest BCUT2D eigenvalue weighted by molar-refractivity contribution is 7.85. The molecule has 3 atom stereocenters. The summed E-state index contributed by atoms with van der Waals surface area (Å²) >= 11 is 0. The molecule has 0 aliphatic rings. The van der Waals surface area contributed by atoms with E-state index in [2.05, 4.69) is 26.1 Å². The van der Waals surface area contributed by atoms with E-state index in [1.54, 1.807) is 0 Å². The number of rotatable bonds is 9. The highest BCUT2D eigenvalue weighted by atomic mass is 32.2. The summed E-state index contributed by atoms with van der Waals surface area (Å²) in [4.78, 5) is 0. The standard InChI is InChI=1S/C11H25NO2S/c1-4-6-12-7-11(13)9-15(14)8-10(3)5-2/h10-13H,4-9H2,1-3H3. The van der Waals surface area contributed by atoms with E-state index in [1.165, 1.54) is 0 Å². The molecule has 0 bridgehead atoms. The zero-order valence-electron chi connectivity index (χ0n) is 10.2. The quantitative estimate of drug-likeness (QED) is 0.589. The normalized spacial score (nSPS) is 17.3. The van der Waals surface area contributed by atoms with Crippen LogP contribution in [0.3, 0.4) is 0 Å². The molecule has 4 heteroatoms. The van der Waals surface area contributed by atoms with Crippen LogP contribution in [0.2, 0.25) is 0 Å². The van der Waals surface area contributed by atoms with Crippen molar-refractivity contribution in [2.24, 2.45) is 5.92 Å². The maximum absolute atomic E-state index is 11.6. The fraction of sp³-hybridized carbons (Fsp3) is 1.00. The third-order valence-corrected chi connectivity index (χ3v) is 4.05. The molecule has 2 N–H and O–H groups in total. The second-order valence-electron chi connectivity index (χ2n) is 4.14. The van der Waals surface area contributed by atoms with Crippen LogP contribution in [0.25, 0.3) is 0 Å². The van der Waals surface area contributed by atoms with E-state index < -0.39 is 16.9 Å². The minimum Gasteiger partial charge on any atom is -0.391 e. The van der Waals surface area contributed by atoms with E-state index in [4.69, 9.17) is 0 Å². The van der Waals surface area contributed by atoms with Gasteiger partial charge in [0.05, 0.1) is 11.9 Å². The van der Waals surface area contributed by atoms with Crippen molar-refractivity contribution >= 4 is 10.8 Å². The van der Waals surface area contributed by atoms with E-state index >= 15 is 0 Å². The topological polar surface area (TPSA) is 49.3 Å². The lowest BCUT2D eigenvalue weighted by Gasteiger charge is -2.13. The zero-order valence-corrected chi connectivity index (χ0v) is 11.0. The predicted octanol–water partition coefficient (Wildman–Crippen LogP) is 1.14. The number of aliphatic hydroxyl groups is 1. The summed E-state index contributed by atoms with van der Waals surface area (Å²) in [6.45, 7) is 7.75. The molecule has 15 heavy (non-hydrogen) atoms. The Morgan fingerprint density at radius 3 is 2.53 bits per heavy atom. The molecule has 0 heterocycles.